The maximum absolute atomic E-state index is 12.6. The quantitative estimate of drug-likeness (QED) is 0.752. The van der Waals surface area contributed by atoms with Gasteiger partial charge in [0.2, 0.25) is 5.82 Å². The highest BCUT2D eigenvalue weighted by molar-refractivity contribution is 5.68. The van der Waals surface area contributed by atoms with Crippen LogP contribution in [0.1, 0.15) is 51.1 Å². The van der Waals surface area contributed by atoms with Gasteiger partial charge in [0, 0.05) is 36.5 Å². The first-order valence-corrected chi connectivity index (χ1v) is 8.88. The summed E-state index contributed by atoms with van der Waals surface area (Å²) in [4.78, 5) is 21.6. The first-order valence-electron chi connectivity index (χ1n) is 8.88. The number of piperidine rings is 1. The van der Waals surface area contributed by atoms with Gasteiger partial charge >= 0.3 is 18.2 Å². The molecule has 0 aromatic carbocycles. The molecule has 0 saturated carbocycles. The lowest BCUT2D eigenvalue weighted by atomic mass is 9.94. The van der Waals surface area contributed by atoms with Gasteiger partial charge in [-0.05, 0) is 45.7 Å². The molecule has 1 saturated heterocycles. The second-order valence-corrected chi connectivity index (χ2v) is 7.66. The predicted molar refractivity (Wildman–Crippen MR) is 92.3 cm³/mol. The number of carbonyl (C=O) groups is 1. The zero-order valence-electron chi connectivity index (χ0n) is 15.8. The van der Waals surface area contributed by atoms with E-state index in [4.69, 9.17) is 4.74 Å². The number of hydrogen-bond donors (Lipinski definition) is 0. The van der Waals surface area contributed by atoms with Crippen molar-refractivity contribution in [1.82, 2.24) is 20.0 Å². The molecular formula is C18H21F3N4O3. The molecule has 152 valence electrons. The van der Waals surface area contributed by atoms with Gasteiger partial charge in [0.1, 0.15) is 5.60 Å². The second kappa shape index (κ2) is 7.40. The summed E-state index contributed by atoms with van der Waals surface area (Å²) in [5.41, 5.74) is 0.503. The van der Waals surface area contributed by atoms with Crippen LogP contribution in [0.3, 0.4) is 0 Å². The molecule has 0 aliphatic carbocycles. The van der Waals surface area contributed by atoms with Crippen molar-refractivity contribution in [3.8, 4) is 11.4 Å². The van der Waals surface area contributed by atoms with Gasteiger partial charge in [-0.2, -0.15) is 18.2 Å². The highest BCUT2D eigenvalue weighted by Gasteiger charge is 2.38. The fourth-order valence-electron chi connectivity index (χ4n) is 2.95. The summed E-state index contributed by atoms with van der Waals surface area (Å²) in [5, 5.41) is 3.35. The summed E-state index contributed by atoms with van der Waals surface area (Å²) in [6.45, 7) is 6.53. The molecule has 0 radical (unpaired) electrons. The lowest BCUT2D eigenvalue weighted by molar-refractivity contribution is -0.159. The number of aromatic nitrogens is 3. The van der Waals surface area contributed by atoms with E-state index >= 15 is 0 Å². The average molecular weight is 398 g/mol. The standard InChI is InChI=1S/C18H21F3N4O3/c1-17(2,3)27-16(26)25-8-4-5-12(10-25)13-7-6-11(9-22-13)14-23-15(28-24-14)18(19,20)21/h6-7,9,12H,4-5,8,10H2,1-3H3/t12-/m1/s1. The summed E-state index contributed by atoms with van der Waals surface area (Å²) in [6.07, 6.45) is -1.97. The van der Waals surface area contributed by atoms with E-state index in [0.29, 0.717) is 18.7 Å². The molecule has 1 aliphatic heterocycles. The van der Waals surface area contributed by atoms with Crippen LogP contribution >= 0.6 is 0 Å². The third-order valence-electron chi connectivity index (χ3n) is 4.20. The number of likely N-dealkylation sites (tertiary alicyclic amines) is 1. The molecule has 1 aliphatic rings. The Morgan fingerprint density at radius 1 is 1.29 bits per heavy atom. The minimum atomic E-state index is -4.69. The number of amides is 1. The molecule has 1 atom stereocenters. The Morgan fingerprint density at radius 3 is 2.61 bits per heavy atom. The van der Waals surface area contributed by atoms with Crippen LogP contribution in [0.4, 0.5) is 18.0 Å². The van der Waals surface area contributed by atoms with Crippen molar-refractivity contribution >= 4 is 6.09 Å². The number of halogens is 3. The van der Waals surface area contributed by atoms with Crippen LogP contribution in [-0.2, 0) is 10.9 Å². The monoisotopic (exact) mass is 398 g/mol. The van der Waals surface area contributed by atoms with E-state index in [1.807, 2.05) is 20.8 Å². The van der Waals surface area contributed by atoms with Gasteiger partial charge in [-0.15, -0.1) is 0 Å². The van der Waals surface area contributed by atoms with Crippen LogP contribution in [0, 0.1) is 0 Å². The largest absolute Gasteiger partial charge is 0.471 e. The number of alkyl halides is 3. The maximum Gasteiger partial charge on any atom is 0.471 e. The van der Waals surface area contributed by atoms with Crippen molar-refractivity contribution < 1.29 is 27.2 Å². The molecule has 1 amide bonds. The van der Waals surface area contributed by atoms with Gasteiger partial charge in [-0.3, -0.25) is 4.98 Å². The van der Waals surface area contributed by atoms with E-state index in [0.717, 1.165) is 18.5 Å². The number of rotatable bonds is 2. The van der Waals surface area contributed by atoms with Crippen LogP contribution < -0.4 is 0 Å². The van der Waals surface area contributed by atoms with Gasteiger partial charge in [-0.25, -0.2) is 4.79 Å². The third-order valence-corrected chi connectivity index (χ3v) is 4.20. The molecule has 3 rings (SSSR count). The summed E-state index contributed by atoms with van der Waals surface area (Å²) < 4.78 is 47.4. The first kappa shape index (κ1) is 20.1. The van der Waals surface area contributed by atoms with E-state index in [-0.39, 0.29) is 17.8 Å². The SMILES string of the molecule is CC(C)(C)OC(=O)N1CCC[C@@H](c2ccc(-c3noc(C(F)(F)F)n3)cn2)C1. The van der Waals surface area contributed by atoms with E-state index in [1.165, 1.54) is 6.20 Å². The molecule has 0 unspecified atom stereocenters. The van der Waals surface area contributed by atoms with E-state index in [1.54, 1.807) is 17.0 Å². The van der Waals surface area contributed by atoms with Crippen LogP contribution in [0.5, 0.6) is 0 Å². The van der Waals surface area contributed by atoms with Gasteiger partial charge in [0.05, 0.1) is 0 Å². The van der Waals surface area contributed by atoms with Crippen LogP contribution in [0.2, 0.25) is 0 Å². The van der Waals surface area contributed by atoms with Crippen molar-refractivity contribution in [1.29, 1.82) is 0 Å². The Hall–Kier alpha value is -2.65. The second-order valence-electron chi connectivity index (χ2n) is 7.66. The topological polar surface area (TPSA) is 81.4 Å². The molecule has 7 nitrogen and oxygen atoms in total. The molecule has 10 heteroatoms. The Labute approximate surface area is 159 Å². The Bertz CT molecular complexity index is 828. The molecule has 0 bridgehead atoms. The molecule has 1 fully saturated rings. The van der Waals surface area contributed by atoms with Gasteiger partial charge in [0.15, 0.2) is 0 Å². The highest BCUT2D eigenvalue weighted by atomic mass is 19.4. The van der Waals surface area contributed by atoms with E-state index in [9.17, 15) is 18.0 Å². The molecular weight excluding hydrogens is 377 g/mol. The fraction of sp³-hybridized carbons (Fsp3) is 0.556. The fourth-order valence-corrected chi connectivity index (χ4v) is 2.95. The zero-order chi connectivity index (χ0) is 20.5. The lowest BCUT2D eigenvalue weighted by Gasteiger charge is -2.33. The van der Waals surface area contributed by atoms with Crippen molar-refractivity contribution in [2.24, 2.45) is 0 Å². The van der Waals surface area contributed by atoms with Gasteiger partial charge < -0.3 is 14.2 Å². The number of carbonyl (C=O) groups excluding carboxylic acids is 1. The first-order chi connectivity index (χ1) is 13.0. The minimum Gasteiger partial charge on any atom is -0.444 e. The highest BCUT2D eigenvalue weighted by Crippen LogP contribution is 2.30. The van der Waals surface area contributed by atoms with E-state index in [2.05, 4.69) is 19.6 Å². The van der Waals surface area contributed by atoms with Crippen LogP contribution in [0.15, 0.2) is 22.9 Å². The number of pyridine rings is 1. The predicted octanol–water partition coefficient (Wildman–Crippen LogP) is 4.26. The summed E-state index contributed by atoms with van der Waals surface area (Å²) >= 11 is 0. The Balaban J connectivity index is 1.69. The summed E-state index contributed by atoms with van der Waals surface area (Å²) in [6, 6.07) is 3.31. The number of hydrogen-bond acceptors (Lipinski definition) is 6. The number of nitrogens with zero attached hydrogens (tertiary/aromatic N) is 4. The number of ether oxygens (including phenoxy) is 1. The smallest absolute Gasteiger partial charge is 0.444 e. The van der Waals surface area contributed by atoms with Crippen molar-refractivity contribution in [2.45, 2.75) is 51.3 Å². The Morgan fingerprint density at radius 2 is 2.04 bits per heavy atom. The van der Waals surface area contributed by atoms with E-state index < -0.39 is 17.7 Å². The average Bonchev–Trinajstić information content (AvgIpc) is 3.11. The molecule has 28 heavy (non-hydrogen) atoms. The molecule has 3 heterocycles. The van der Waals surface area contributed by atoms with Gasteiger partial charge in [-0.1, -0.05) is 5.16 Å². The maximum atomic E-state index is 12.6. The summed E-state index contributed by atoms with van der Waals surface area (Å²) in [5.74, 6) is -1.55. The lowest BCUT2D eigenvalue weighted by Crippen LogP contribution is -2.42. The zero-order valence-corrected chi connectivity index (χ0v) is 15.8. The van der Waals surface area contributed by atoms with Crippen LogP contribution in [0.25, 0.3) is 11.4 Å². The van der Waals surface area contributed by atoms with Gasteiger partial charge in [0.25, 0.3) is 0 Å². The molecule has 2 aromatic rings. The van der Waals surface area contributed by atoms with Crippen molar-refractivity contribution in [3.63, 3.8) is 0 Å². The summed E-state index contributed by atoms with van der Waals surface area (Å²) in [7, 11) is 0. The normalized spacial score (nSPS) is 18.2. The van der Waals surface area contributed by atoms with Crippen molar-refractivity contribution in [2.75, 3.05) is 13.1 Å². The molecule has 0 N–H and O–H groups in total. The Kier molecular flexibility index (Phi) is 5.31. The van der Waals surface area contributed by atoms with Crippen molar-refractivity contribution in [3.05, 3.63) is 29.9 Å². The minimum absolute atomic E-state index is 0.0197. The molecule has 2 aromatic heterocycles. The van der Waals surface area contributed by atoms with Crippen LogP contribution in [-0.4, -0.2) is 44.8 Å². The third kappa shape index (κ3) is 4.79. The molecule has 0 spiro atoms.